The number of furan rings is 1. The molecule has 1 fully saturated rings. The summed E-state index contributed by atoms with van der Waals surface area (Å²) in [5.74, 6) is 1.21. The Morgan fingerprint density at radius 2 is 2.10 bits per heavy atom. The van der Waals surface area contributed by atoms with Gasteiger partial charge in [0.25, 0.3) is 10.0 Å². The second-order valence-corrected chi connectivity index (χ2v) is 8.53. The number of rotatable bonds is 6. The molecule has 1 aliphatic rings. The van der Waals surface area contributed by atoms with Crippen molar-refractivity contribution in [2.75, 3.05) is 13.1 Å². The molecular formula is C15H26N2O3S. The van der Waals surface area contributed by atoms with Crippen molar-refractivity contribution in [3.05, 3.63) is 17.9 Å². The van der Waals surface area contributed by atoms with Crippen molar-refractivity contribution in [1.82, 2.24) is 9.62 Å². The van der Waals surface area contributed by atoms with Crippen LogP contribution in [-0.4, -0.2) is 31.4 Å². The van der Waals surface area contributed by atoms with Crippen molar-refractivity contribution in [2.45, 2.75) is 57.7 Å². The van der Waals surface area contributed by atoms with Crippen molar-refractivity contribution in [3.8, 4) is 0 Å². The summed E-state index contributed by atoms with van der Waals surface area (Å²) in [6, 6.07) is 3.30. The monoisotopic (exact) mass is 314 g/mol. The quantitative estimate of drug-likeness (QED) is 0.876. The summed E-state index contributed by atoms with van der Waals surface area (Å²) in [4.78, 5) is 0. The van der Waals surface area contributed by atoms with Gasteiger partial charge in [0, 0.05) is 12.1 Å². The van der Waals surface area contributed by atoms with E-state index in [1.807, 2.05) is 13.8 Å². The zero-order valence-electron chi connectivity index (χ0n) is 13.3. The zero-order valence-corrected chi connectivity index (χ0v) is 14.2. The molecule has 0 aliphatic carbocycles. The third kappa shape index (κ3) is 3.67. The van der Waals surface area contributed by atoms with E-state index in [0.717, 1.165) is 19.4 Å². The van der Waals surface area contributed by atoms with E-state index in [0.29, 0.717) is 24.8 Å². The second kappa shape index (κ2) is 6.10. The predicted molar refractivity (Wildman–Crippen MR) is 82.5 cm³/mol. The second-order valence-electron chi connectivity index (χ2n) is 6.74. The smallest absolute Gasteiger partial charge is 0.276 e. The highest BCUT2D eigenvalue weighted by Gasteiger charge is 2.42. The Morgan fingerprint density at radius 3 is 2.67 bits per heavy atom. The van der Waals surface area contributed by atoms with Crippen LogP contribution in [0, 0.1) is 5.92 Å². The van der Waals surface area contributed by atoms with Gasteiger partial charge in [0.1, 0.15) is 5.76 Å². The standard InChI is InChI=1S/C15H26N2O3S/c1-12(2)10-16-11-13-6-7-14(20-13)21(18,19)17-9-5-8-15(17,3)4/h6-7,12,16H,5,8-11H2,1-4H3. The normalized spacial score (nSPS) is 19.5. The maximum absolute atomic E-state index is 12.7. The van der Waals surface area contributed by atoms with Crippen LogP contribution in [0.1, 0.15) is 46.3 Å². The van der Waals surface area contributed by atoms with Gasteiger partial charge in [-0.1, -0.05) is 13.8 Å². The average Bonchev–Trinajstić information content (AvgIpc) is 2.95. The first kappa shape index (κ1) is 16.5. The molecule has 6 heteroatoms. The van der Waals surface area contributed by atoms with Gasteiger partial charge in [0.2, 0.25) is 5.09 Å². The Morgan fingerprint density at radius 1 is 1.38 bits per heavy atom. The Bertz CT molecular complexity index is 575. The molecule has 0 aromatic carbocycles. The fourth-order valence-corrected chi connectivity index (χ4v) is 4.49. The zero-order chi connectivity index (χ0) is 15.7. The number of hydrogen-bond donors (Lipinski definition) is 1. The SMILES string of the molecule is CC(C)CNCc1ccc(S(=O)(=O)N2CCCC2(C)C)o1. The van der Waals surface area contributed by atoms with Gasteiger partial charge in [-0.3, -0.25) is 0 Å². The minimum Gasteiger partial charge on any atom is -0.447 e. The minimum absolute atomic E-state index is 0.0545. The molecule has 0 bridgehead atoms. The average molecular weight is 314 g/mol. The molecule has 1 N–H and O–H groups in total. The molecule has 2 heterocycles. The number of nitrogens with zero attached hydrogens (tertiary/aromatic N) is 1. The van der Waals surface area contributed by atoms with Gasteiger partial charge >= 0.3 is 0 Å². The van der Waals surface area contributed by atoms with E-state index < -0.39 is 10.0 Å². The highest BCUT2D eigenvalue weighted by molar-refractivity contribution is 7.89. The van der Waals surface area contributed by atoms with Gasteiger partial charge in [-0.25, -0.2) is 8.42 Å². The van der Waals surface area contributed by atoms with Crippen molar-refractivity contribution in [1.29, 1.82) is 0 Å². The molecule has 1 aromatic heterocycles. The molecule has 0 saturated carbocycles. The van der Waals surface area contributed by atoms with Crippen LogP contribution in [0.15, 0.2) is 21.6 Å². The first-order valence-corrected chi connectivity index (χ1v) is 9.00. The largest absolute Gasteiger partial charge is 0.447 e. The molecule has 5 nitrogen and oxygen atoms in total. The molecule has 1 saturated heterocycles. The molecule has 0 atom stereocenters. The molecular weight excluding hydrogens is 288 g/mol. The lowest BCUT2D eigenvalue weighted by atomic mass is 10.0. The Hall–Kier alpha value is -0.850. The lowest BCUT2D eigenvalue weighted by molar-refractivity contribution is 0.280. The summed E-state index contributed by atoms with van der Waals surface area (Å²) in [6.07, 6.45) is 1.78. The van der Waals surface area contributed by atoms with Gasteiger partial charge < -0.3 is 9.73 Å². The van der Waals surface area contributed by atoms with Crippen LogP contribution in [0.25, 0.3) is 0 Å². The van der Waals surface area contributed by atoms with Crippen LogP contribution < -0.4 is 5.32 Å². The van der Waals surface area contributed by atoms with E-state index >= 15 is 0 Å². The first-order chi connectivity index (χ1) is 9.73. The molecule has 1 aliphatic heterocycles. The van der Waals surface area contributed by atoms with E-state index in [-0.39, 0.29) is 10.6 Å². The van der Waals surface area contributed by atoms with Crippen LogP contribution in [0.3, 0.4) is 0 Å². The minimum atomic E-state index is -3.53. The van der Waals surface area contributed by atoms with E-state index in [1.165, 1.54) is 0 Å². The summed E-state index contributed by atoms with van der Waals surface area (Å²) in [5.41, 5.74) is -0.332. The lowest BCUT2D eigenvalue weighted by Gasteiger charge is -2.29. The van der Waals surface area contributed by atoms with Gasteiger partial charge in [0.15, 0.2) is 0 Å². The van der Waals surface area contributed by atoms with Crippen LogP contribution in [0.4, 0.5) is 0 Å². The van der Waals surface area contributed by atoms with Crippen LogP contribution in [-0.2, 0) is 16.6 Å². The molecule has 2 rings (SSSR count). The van der Waals surface area contributed by atoms with E-state index in [9.17, 15) is 8.42 Å². The first-order valence-electron chi connectivity index (χ1n) is 7.56. The molecule has 0 unspecified atom stereocenters. The number of sulfonamides is 1. The summed E-state index contributed by atoms with van der Waals surface area (Å²) in [6.45, 7) is 10.2. The molecule has 0 spiro atoms. The summed E-state index contributed by atoms with van der Waals surface area (Å²) >= 11 is 0. The van der Waals surface area contributed by atoms with Gasteiger partial charge in [0.05, 0.1) is 6.54 Å². The molecule has 1 aromatic rings. The maximum Gasteiger partial charge on any atom is 0.276 e. The number of nitrogens with one attached hydrogen (secondary N) is 1. The van der Waals surface area contributed by atoms with Gasteiger partial charge in [-0.05, 0) is 51.3 Å². The topological polar surface area (TPSA) is 62.6 Å². The summed E-state index contributed by atoms with van der Waals surface area (Å²) < 4.78 is 32.4. The highest BCUT2D eigenvalue weighted by atomic mass is 32.2. The van der Waals surface area contributed by atoms with E-state index in [4.69, 9.17) is 4.42 Å². The third-order valence-corrected chi connectivity index (χ3v) is 5.84. The van der Waals surface area contributed by atoms with Gasteiger partial charge in [-0.15, -0.1) is 0 Å². The van der Waals surface area contributed by atoms with Crippen LogP contribution in [0.5, 0.6) is 0 Å². The molecule has 21 heavy (non-hydrogen) atoms. The number of hydrogen-bond acceptors (Lipinski definition) is 4. The van der Waals surface area contributed by atoms with Crippen molar-refractivity contribution >= 4 is 10.0 Å². The highest BCUT2D eigenvalue weighted by Crippen LogP contribution is 2.34. The predicted octanol–water partition coefficient (Wildman–Crippen LogP) is 2.59. The molecule has 0 amide bonds. The van der Waals surface area contributed by atoms with Crippen molar-refractivity contribution in [2.24, 2.45) is 5.92 Å². The fourth-order valence-electron chi connectivity index (χ4n) is 2.71. The van der Waals surface area contributed by atoms with Crippen molar-refractivity contribution < 1.29 is 12.8 Å². The lowest BCUT2D eigenvalue weighted by Crippen LogP contribution is -2.42. The van der Waals surface area contributed by atoms with E-state index in [1.54, 1.807) is 16.4 Å². The van der Waals surface area contributed by atoms with E-state index in [2.05, 4.69) is 19.2 Å². The van der Waals surface area contributed by atoms with Crippen LogP contribution in [0.2, 0.25) is 0 Å². The fraction of sp³-hybridized carbons (Fsp3) is 0.733. The Kier molecular flexibility index (Phi) is 4.80. The van der Waals surface area contributed by atoms with Crippen molar-refractivity contribution in [3.63, 3.8) is 0 Å². The third-order valence-electron chi connectivity index (χ3n) is 3.86. The Balaban J connectivity index is 2.09. The van der Waals surface area contributed by atoms with Crippen LogP contribution >= 0.6 is 0 Å². The van der Waals surface area contributed by atoms with Gasteiger partial charge in [-0.2, -0.15) is 4.31 Å². The summed E-state index contributed by atoms with van der Waals surface area (Å²) in [5, 5.41) is 3.30. The Labute approximate surface area is 127 Å². The maximum atomic E-state index is 12.7. The molecule has 0 radical (unpaired) electrons. The molecule has 120 valence electrons. The summed E-state index contributed by atoms with van der Waals surface area (Å²) in [7, 11) is -3.53.